The van der Waals surface area contributed by atoms with Crippen LogP contribution in [0.15, 0.2) is 0 Å². The lowest BCUT2D eigenvalue weighted by Gasteiger charge is -2.02. The summed E-state index contributed by atoms with van der Waals surface area (Å²) in [6, 6.07) is 0. The van der Waals surface area contributed by atoms with E-state index in [4.69, 9.17) is 15.0 Å². The van der Waals surface area contributed by atoms with Gasteiger partial charge in [-0.05, 0) is 6.42 Å². The van der Waals surface area contributed by atoms with Gasteiger partial charge >= 0.3 is 18.1 Å². The number of halogens is 3. The lowest BCUT2D eigenvalue weighted by atomic mass is 10.0. The first-order valence-electron chi connectivity index (χ1n) is 9.23. The molecule has 0 amide bonds. The van der Waals surface area contributed by atoms with E-state index in [9.17, 15) is 18.0 Å². The van der Waals surface area contributed by atoms with Crippen molar-refractivity contribution in [1.29, 1.82) is 0 Å². The van der Waals surface area contributed by atoms with E-state index in [0.29, 0.717) is 6.42 Å². The normalized spacial score (nSPS) is 10.9. The van der Waals surface area contributed by atoms with E-state index in [-0.39, 0.29) is 0 Å². The van der Waals surface area contributed by atoms with Crippen LogP contribution in [0, 0.1) is 0 Å². The number of hydrogen-bond donors (Lipinski definition) is 2. The number of hydrogen-bond acceptors (Lipinski definition) is 2. The molecule has 0 aliphatic carbocycles. The molecular formula is C18H33F3O4. The van der Waals surface area contributed by atoms with Crippen LogP contribution < -0.4 is 0 Å². The van der Waals surface area contributed by atoms with Gasteiger partial charge in [0.1, 0.15) is 0 Å². The average molecular weight is 370 g/mol. The molecule has 0 spiro atoms. The topological polar surface area (TPSA) is 74.6 Å². The number of aliphatic carboxylic acids is 2. The van der Waals surface area contributed by atoms with Gasteiger partial charge in [-0.25, -0.2) is 4.79 Å². The molecule has 0 aromatic rings. The lowest BCUT2D eigenvalue weighted by molar-refractivity contribution is -0.192. The molecule has 0 aromatic heterocycles. The quantitative estimate of drug-likeness (QED) is 0.358. The van der Waals surface area contributed by atoms with Crippen molar-refractivity contribution in [3.63, 3.8) is 0 Å². The largest absolute Gasteiger partial charge is 0.490 e. The summed E-state index contributed by atoms with van der Waals surface area (Å²) in [5, 5.41) is 15.6. The number of carbonyl (C=O) groups is 2. The Morgan fingerprint density at radius 1 is 0.680 bits per heavy atom. The Hall–Kier alpha value is -1.27. The van der Waals surface area contributed by atoms with E-state index < -0.39 is 18.1 Å². The third-order valence-corrected chi connectivity index (χ3v) is 3.74. The summed E-state index contributed by atoms with van der Waals surface area (Å²) >= 11 is 0. The van der Waals surface area contributed by atoms with Crippen LogP contribution in [-0.2, 0) is 9.59 Å². The smallest absolute Gasteiger partial charge is 0.481 e. The van der Waals surface area contributed by atoms with Gasteiger partial charge in [0.2, 0.25) is 0 Å². The number of alkyl halides is 3. The van der Waals surface area contributed by atoms with Crippen molar-refractivity contribution in [2.45, 2.75) is 103 Å². The molecule has 4 nitrogen and oxygen atoms in total. The van der Waals surface area contributed by atoms with Gasteiger partial charge in [-0.3, -0.25) is 4.79 Å². The molecule has 0 heterocycles. The minimum absolute atomic E-state index is 0.345. The first-order chi connectivity index (χ1) is 11.7. The van der Waals surface area contributed by atoms with Crippen LogP contribution >= 0.6 is 0 Å². The SMILES string of the molecule is CCCCCCCCCCCCCCCC(=O)O.O=C(O)C(F)(F)F. The van der Waals surface area contributed by atoms with Gasteiger partial charge in [-0.1, -0.05) is 84.0 Å². The Balaban J connectivity index is 0. The minimum Gasteiger partial charge on any atom is -0.481 e. The van der Waals surface area contributed by atoms with Crippen LogP contribution in [0.4, 0.5) is 13.2 Å². The second-order valence-electron chi connectivity index (χ2n) is 6.19. The fourth-order valence-corrected chi connectivity index (χ4v) is 2.29. The summed E-state index contributed by atoms with van der Waals surface area (Å²) in [6.45, 7) is 2.26. The first kappa shape index (κ1) is 26.0. The van der Waals surface area contributed by atoms with E-state index >= 15 is 0 Å². The average Bonchev–Trinajstić information content (AvgIpc) is 2.51. The zero-order chi connectivity index (χ0) is 19.6. The predicted molar refractivity (Wildman–Crippen MR) is 91.6 cm³/mol. The van der Waals surface area contributed by atoms with Crippen molar-refractivity contribution in [1.82, 2.24) is 0 Å². The van der Waals surface area contributed by atoms with E-state index in [1.165, 1.54) is 70.6 Å². The predicted octanol–water partition coefficient (Wildman–Crippen LogP) is 6.19. The number of carboxylic acids is 2. The van der Waals surface area contributed by atoms with Crippen LogP contribution in [0.3, 0.4) is 0 Å². The van der Waals surface area contributed by atoms with Gasteiger partial charge in [-0.15, -0.1) is 0 Å². The molecule has 0 saturated carbocycles. The molecule has 25 heavy (non-hydrogen) atoms. The molecule has 0 aliphatic heterocycles. The summed E-state index contributed by atoms with van der Waals surface area (Å²) < 4.78 is 31.7. The Kier molecular flexibility index (Phi) is 18.2. The van der Waals surface area contributed by atoms with Crippen LogP contribution in [0.1, 0.15) is 96.8 Å². The molecule has 0 radical (unpaired) electrons. The molecule has 0 bridgehead atoms. The Bertz CT molecular complexity index is 331. The van der Waals surface area contributed by atoms with Crippen LogP contribution in [0.25, 0.3) is 0 Å². The highest BCUT2D eigenvalue weighted by Crippen LogP contribution is 2.13. The van der Waals surface area contributed by atoms with Gasteiger partial charge in [0.25, 0.3) is 0 Å². The third-order valence-electron chi connectivity index (χ3n) is 3.74. The van der Waals surface area contributed by atoms with Gasteiger partial charge in [0, 0.05) is 6.42 Å². The summed E-state index contributed by atoms with van der Waals surface area (Å²) in [4.78, 5) is 19.2. The maximum atomic E-state index is 10.6. The van der Waals surface area contributed by atoms with Gasteiger partial charge in [-0.2, -0.15) is 13.2 Å². The third kappa shape index (κ3) is 25.1. The van der Waals surface area contributed by atoms with Gasteiger partial charge < -0.3 is 10.2 Å². The summed E-state index contributed by atoms with van der Waals surface area (Å²) in [5.41, 5.74) is 0. The standard InChI is InChI=1S/C16H32O2.C2HF3O2/c1-2-3-4-5-6-7-8-9-10-11-12-13-14-15-16(17)18;3-2(4,5)1(6)7/h2-15H2,1H3,(H,17,18);(H,6,7). The highest BCUT2D eigenvalue weighted by molar-refractivity contribution is 5.73. The summed E-state index contributed by atoms with van der Waals surface area (Å²) in [6.07, 6.45) is 12.2. The second-order valence-corrected chi connectivity index (χ2v) is 6.19. The molecule has 0 unspecified atom stereocenters. The number of rotatable bonds is 14. The summed E-state index contributed by atoms with van der Waals surface area (Å²) in [5.74, 6) is -3.41. The number of unbranched alkanes of at least 4 members (excludes halogenated alkanes) is 12. The molecule has 2 N–H and O–H groups in total. The zero-order valence-electron chi connectivity index (χ0n) is 15.2. The van der Waals surface area contributed by atoms with Gasteiger partial charge in [0.15, 0.2) is 0 Å². The fraction of sp³-hybridized carbons (Fsp3) is 0.889. The Morgan fingerprint density at radius 2 is 0.960 bits per heavy atom. The fourth-order valence-electron chi connectivity index (χ4n) is 2.29. The zero-order valence-corrected chi connectivity index (χ0v) is 15.2. The van der Waals surface area contributed by atoms with E-state index in [1.807, 2.05) is 0 Å². The van der Waals surface area contributed by atoms with Crippen LogP contribution in [0.2, 0.25) is 0 Å². The van der Waals surface area contributed by atoms with Crippen molar-refractivity contribution >= 4 is 11.9 Å². The van der Waals surface area contributed by atoms with Crippen molar-refractivity contribution in [3.8, 4) is 0 Å². The van der Waals surface area contributed by atoms with E-state index in [2.05, 4.69) is 6.92 Å². The second kappa shape index (κ2) is 17.5. The lowest BCUT2D eigenvalue weighted by Crippen LogP contribution is -2.21. The van der Waals surface area contributed by atoms with Crippen molar-refractivity contribution in [3.05, 3.63) is 0 Å². The molecule has 0 aliphatic rings. The first-order valence-corrected chi connectivity index (χ1v) is 9.23. The van der Waals surface area contributed by atoms with Crippen molar-refractivity contribution < 1.29 is 33.0 Å². The van der Waals surface area contributed by atoms with Gasteiger partial charge in [0.05, 0.1) is 0 Å². The molecule has 0 fully saturated rings. The Morgan fingerprint density at radius 3 is 1.20 bits per heavy atom. The molecular weight excluding hydrogens is 337 g/mol. The molecule has 7 heteroatoms. The highest BCUT2D eigenvalue weighted by atomic mass is 19.4. The molecule has 0 atom stereocenters. The monoisotopic (exact) mass is 370 g/mol. The van der Waals surface area contributed by atoms with Crippen LogP contribution in [0.5, 0.6) is 0 Å². The maximum Gasteiger partial charge on any atom is 0.490 e. The minimum atomic E-state index is -5.08. The molecule has 150 valence electrons. The van der Waals surface area contributed by atoms with Crippen LogP contribution in [-0.4, -0.2) is 28.3 Å². The van der Waals surface area contributed by atoms with Crippen molar-refractivity contribution in [2.75, 3.05) is 0 Å². The number of carboxylic acid groups (broad SMARTS) is 2. The maximum absolute atomic E-state index is 10.6. The molecule has 0 saturated heterocycles. The van der Waals surface area contributed by atoms with Crippen molar-refractivity contribution in [2.24, 2.45) is 0 Å². The molecule has 0 aromatic carbocycles. The Labute approximate surface area is 148 Å². The summed E-state index contributed by atoms with van der Waals surface area (Å²) in [7, 11) is 0. The van der Waals surface area contributed by atoms with E-state index in [0.717, 1.165) is 12.8 Å². The molecule has 0 rings (SSSR count). The highest BCUT2D eigenvalue weighted by Gasteiger charge is 2.38. The van der Waals surface area contributed by atoms with E-state index in [1.54, 1.807) is 0 Å².